The third kappa shape index (κ3) is 2.99. The minimum absolute atomic E-state index is 0.00474. The van der Waals surface area contributed by atoms with Gasteiger partial charge < -0.3 is 9.80 Å². The van der Waals surface area contributed by atoms with Gasteiger partial charge in [-0.15, -0.1) is 11.3 Å². The predicted octanol–water partition coefficient (Wildman–Crippen LogP) is 1.88. The van der Waals surface area contributed by atoms with Crippen LogP contribution >= 0.6 is 11.3 Å². The van der Waals surface area contributed by atoms with E-state index in [2.05, 4.69) is 0 Å². The summed E-state index contributed by atoms with van der Waals surface area (Å²) in [5.41, 5.74) is 0.967. The molecule has 0 radical (unpaired) electrons. The Morgan fingerprint density at radius 2 is 1.46 bits per heavy atom. The molecule has 8 heteroatoms. The lowest BCUT2D eigenvalue weighted by molar-refractivity contribution is 0.0538. The van der Waals surface area contributed by atoms with Gasteiger partial charge in [-0.05, 0) is 37.3 Å². The highest BCUT2D eigenvalue weighted by atomic mass is 32.1. The molecule has 7 nitrogen and oxygen atoms in total. The topological polar surface area (TPSA) is 78.0 Å². The summed E-state index contributed by atoms with van der Waals surface area (Å²) in [7, 11) is 1.43. The van der Waals surface area contributed by atoms with Crippen LogP contribution in [-0.4, -0.2) is 71.6 Å². The number of fused-ring (bicyclic) bond motifs is 1. The monoisotopic (exact) mass is 397 g/mol. The van der Waals surface area contributed by atoms with Gasteiger partial charge in [-0.25, -0.2) is 0 Å². The molecule has 0 atom stereocenters. The van der Waals surface area contributed by atoms with Gasteiger partial charge in [-0.2, -0.15) is 0 Å². The number of hydrogen-bond donors (Lipinski definition) is 0. The Morgan fingerprint density at radius 3 is 2.07 bits per heavy atom. The lowest BCUT2D eigenvalue weighted by Gasteiger charge is -2.34. The summed E-state index contributed by atoms with van der Waals surface area (Å²) in [6.07, 6.45) is 0. The molecule has 0 spiro atoms. The molecule has 144 valence electrons. The number of nitrogens with zero attached hydrogens (tertiary/aromatic N) is 3. The number of rotatable bonds is 2. The molecule has 28 heavy (non-hydrogen) atoms. The van der Waals surface area contributed by atoms with Gasteiger partial charge in [-0.1, -0.05) is 0 Å². The molecular formula is C20H19N3O4S. The molecule has 1 saturated heterocycles. The highest BCUT2D eigenvalue weighted by molar-refractivity contribution is 7.13. The van der Waals surface area contributed by atoms with Crippen LogP contribution in [0.15, 0.2) is 30.3 Å². The van der Waals surface area contributed by atoms with Gasteiger partial charge in [0.2, 0.25) is 0 Å². The maximum Gasteiger partial charge on any atom is 0.264 e. The second-order valence-electron chi connectivity index (χ2n) is 6.92. The number of benzene rings is 1. The van der Waals surface area contributed by atoms with E-state index in [1.54, 1.807) is 15.9 Å². The molecule has 1 aromatic heterocycles. The number of carbonyl (C=O) groups is 4. The van der Waals surface area contributed by atoms with E-state index in [1.165, 1.54) is 30.5 Å². The minimum atomic E-state index is -0.392. The van der Waals surface area contributed by atoms with E-state index in [-0.39, 0.29) is 23.3 Å². The molecule has 2 aliphatic heterocycles. The molecule has 0 saturated carbocycles. The van der Waals surface area contributed by atoms with Crippen LogP contribution in [0.1, 0.15) is 45.6 Å². The Kier molecular flexibility index (Phi) is 4.50. The summed E-state index contributed by atoms with van der Waals surface area (Å²) in [5, 5.41) is 0. The van der Waals surface area contributed by atoms with Crippen LogP contribution in [0.4, 0.5) is 0 Å². The number of amides is 4. The van der Waals surface area contributed by atoms with E-state index < -0.39 is 5.91 Å². The highest BCUT2D eigenvalue weighted by Crippen LogP contribution is 2.24. The summed E-state index contributed by atoms with van der Waals surface area (Å²) in [6, 6.07) is 8.37. The molecule has 0 N–H and O–H groups in total. The van der Waals surface area contributed by atoms with Crippen LogP contribution in [0.25, 0.3) is 0 Å². The molecule has 1 aromatic carbocycles. The first-order valence-corrected chi connectivity index (χ1v) is 9.80. The van der Waals surface area contributed by atoms with Crippen LogP contribution in [0, 0.1) is 6.92 Å². The Balaban J connectivity index is 1.44. The van der Waals surface area contributed by atoms with E-state index in [9.17, 15) is 19.2 Å². The van der Waals surface area contributed by atoms with E-state index in [0.717, 1.165) is 9.78 Å². The second kappa shape index (κ2) is 6.87. The van der Waals surface area contributed by atoms with Crippen LogP contribution < -0.4 is 0 Å². The van der Waals surface area contributed by atoms with Gasteiger partial charge >= 0.3 is 0 Å². The molecule has 0 bridgehead atoms. The average Bonchev–Trinajstić information content (AvgIpc) is 3.24. The molecule has 4 rings (SSSR count). The van der Waals surface area contributed by atoms with Gasteiger partial charge in [0, 0.05) is 43.7 Å². The van der Waals surface area contributed by atoms with E-state index >= 15 is 0 Å². The Hall–Kier alpha value is -3.00. The lowest BCUT2D eigenvalue weighted by atomic mass is 10.0. The average molecular weight is 397 g/mol. The third-order valence-corrected chi connectivity index (χ3v) is 6.13. The molecule has 4 amide bonds. The van der Waals surface area contributed by atoms with Crippen molar-refractivity contribution in [1.82, 2.24) is 14.7 Å². The largest absolute Gasteiger partial charge is 0.335 e. The van der Waals surface area contributed by atoms with E-state index in [4.69, 9.17) is 0 Å². The van der Waals surface area contributed by atoms with E-state index in [1.807, 2.05) is 19.1 Å². The van der Waals surface area contributed by atoms with Crippen molar-refractivity contribution in [3.63, 3.8) is 0 Å². The minimum Gasteiger partial charge on any atom is -0.335 e. The molecule has 3 heterocycles. The first-order chi connectivity index (χ1) is 13.4. The first kappa shape index (κ1) is 18.4. The SMILES string of the molecule is Cc1ccc(C(=O)N2CCN(C(=O)c3ccc4c(c3)C(=O)N(C)C4=O)CC2)s1. The fourth-order valence-electron chi connectivity index (χ4n) is 3.49. The zero-order chi connectivity index (χ0) is 20.0. The van der Waals surface area contributed by atoms with Crippen molar-refractivity contribution in [3.05, 3.63) is 56.8 Å². The fourth-order valence-corrected chi connectivity index (χ4v) is 4.33. The van der Waals surface area contributed by atoms with Gasteiger partial charge in [0.15, 0.2) is 0 Å². The van der Waals surface area contributed by atoms with Crippen molar-refractivity contribution in [2.75, 3.05) is 33.2 Å². The van der Waals surface area contributed by atoms with Crippen molar-refractivity contribution >= 4 is 35.0 Å². The van der Waals surface area contributed by atoms with Crippen LogP contribution in [-0.2, 0) is 0 Å². The third-order valence-electron chi connectivity index (χ3n) is 5.14. The van der Waals surface area contributed by atoms with Gasteiger partial charge in [-0.3, -0.25) is 24.1 Å². The normalized spacial score (nSPS) is 16.6. The van der Waals surface area contributed by atoms with Crippen molar-refractivity contribution in [2.24, 2.45) is 0 Å². The van der Waals surface area contributed by atoms with Crippen molar-refractivity contribution in [1.29, 1.82) is 0 Å². The van der Waals surface area contributed by atoms with Gasteiger partial charge in [0.05, 0.1) is 16.0 Å². The summed E-state index contributed by atoms with van der Waals surface area (Å²) in [6.45, 7) is 3.75. The maximum atomic E-state index is 12.8. The van der Waals surface area contributed by atoms with Crippen LogP contribution in [0.3, 0.4) is 0 Å². The molecule has 1 fully saturated rings. The van der Waals surface area contributed by atoms with Crippen molar-refractivity contribution in [2.45, 2.75) is 6.92 Å². The van der Waals surface area contributed by atoms with Crippen molar-refractivity contribution in [3.8, 4) is 0 Å². The summed E-state index contributed by atoms with van der Waals surface area (Å²) >= 11 is 1.47. The summed E-state index contributed by atoms with van der Waals surface area (Å²) in [5.74, 6) is -0.946. The first-order valence-electron chi connectivity index (χ1n) is 8.98. The van der Waals surface area contributed by atoms with Gasteiger partial charge in [0.1, 0.15) is 0 Å². The Bertz CT molecular complexity index is 1000. The van der Waals surface area contributed by atoms with Crippen LogP contribution in [0.5, 0.6) is 0 Å². The Labute approximate surface area is 166 Å². The molecule has 2 aliphatic rings. The standard InChI is InChI=1S/C20H19N3O4S/c1-12-3-6-16(28-12)20(27)23-9-7-22(8-10-23)17(24)13-4-5-14-15(11-13)19(26)21(2)18(14)25/h3-6,11H,7-10H2,1-2H3. The zero-order valence-corrected chi connectivity index (χ0v) is 16.4. The molecule has 0 aliphatic carbocycles. The number of thiophene rings is 1. The van der Waals surface area contributed by atoms with Crippen molar-refractivity contribution < 1.29 is 19.2 Å². The zero-order valence-electron chi connectivity index (χ0n) is 15.6. The molecule has 0 unspecified atom stereocenters. The second-order valence-corrected chi connectivity index (χ2v) is 8.21. The quantitative estimate of drug-likeness (QED) is 0.725. The van der Waals surface area contributed by atoms with Gasteiger partial charge in [0.25, 0.3) is 23.6 Å². The smallest absolute Gasteiger partial charge is 0.264 e. The fraction of sp³-hybridized carbons (Fsp3) is 0.300. The maximum absolute atomic E-state index is 12.8. The lowest BCUT2D eigenvalue weighted by Crippen LogP contribution is -2.50. The van der Waals surface area contributed by atoms with Crippen LogP contribution in [0.2, 0.25) is 0 Å². The molecular weight excluding hydrogens is 378 g/mol. The number of imide groups is 1. The Morgan fingerprint density at radius 1 is 0.857 bits per heavy atom. The predicted molar refractivity (Wildman–Crippen MR) is 104 cm³/mol. The highest BCUT2D eigenvalue weighted by Gasteiger charge is 2.34. The summed E-state index contributed by atoms with van der Waals surface area (Å²) in [4.78, 5) is 55.8. The summed E-state index contributed by atoms with van der Waals surface area (Å²) < 4.78 is 0. The number of piperazine rings is 1. The number of aryl methyl sites for hydroxylation is 1. The number of hydrogen-bond acceptors (Lipinski definition) is 5. The van der Waals surface area contributed by atoms with E-state index in [0.29, 0.717) is 42.2 Å². The molecule has 2 aromatic rings. The number of carbonyl (C=O) groups excluding carboxylic acids is 4.